The van der Waals surface area contributed by atoms with E-state index in [2.05, 4.69) is 18.8 Å². The number of aryl methyl sites for hydroxylation is 1. The van der Waals surface area contributed by atoms with E-state index in [-0.39, 0.29) is 11.3 Å². The van der Waals surface area contributed by atoms with Gasteiger partial charge in [-0.2, -0.15) is 0 Å². The molecular formula is C32H30N4O5S. The van der Waals surface area contributed by atoms with E-state index in [1.807, 2.05) is 54.6 Å². The van der Waals surface area contributed by atoms with Crippen molar-refractivity contribution < 1.29 is 24.2 Å². The van der Waals surface area contributed by atoms with Gasteiger partial charge in [0.25, 0.3) is 5.78 Å². The van der Waals surface area contributed by atoms with Gasteiger partial charge in [-0.15, -0.1) is 0 Å². The second-order valence-electron chi connectivity index (χ2n) is 10.6. The minimum atomic E-state index is -0.949. The molecule has 10 heteroatoms. The highest BCUT2D eigenvalue weighted by molar-refractivity contribution is 7.22. The van der Waals surface area contributed by atoms with Gasteiger partial charge >= 0.3 is 5.91 Å². The summed E-state index contributed by atoms with van der Waals surface area (Å²) in [6.45, 7) is 6.55. The number of fused-ring (bicyclic) bond motifs is 2. The van der Waals surface area contributed by atoms with E-state index >= 15 is 0 Å². The quantitative estimate of drug-likeness (QED) is 0.130. The number of carbonyl (C=O) groups excluding carboxylic acids is 2. The number of amides is 1. The number of hydrogen-bond donors (Lipinski definition) is 1. The van der Waals surface area contributed by atoms with E-state index in [0.29, 0.717) is 57.3 Å². The van der Waals surface area contributed by atoms with Crippen LogP contribution < -0.4 is 14.4 Å². The highest BCUT2D eigenvalue weighted by Crippen LogP contribution is 2.45. The molecule has 1 aliphatic rings. The Morgan fingerprint density at radius 2 is 1.88 bits per heavy atom. The molecule has 214 valence electrons. The third kappa shape index (κ3) is 4.77. The van der Waals surface area contributed by atoms with Gasteiger partial charge in [-0.3, -0.25) is 18.9 Å². The van der Waals surface area contributed by atoms with Crippen molar-refractivity contribution in [1.82, 2.24) is 14.4 Å². The van der Waals surface area contributed by atoms with Crippen LogP contribution in [0.2, 0.25) is 0 Å². The standard InChI is InChI=1S/C32H30N4O5S/c1-18(2)13-15-41-22-9-7-8-20(16-22)28-26(29(37)27-19(3)33-25-10-5-6-14-35(25)27)30(38)31(39)36(28)32-34-23-12-11-21(40-4)17-24(23)42-32/h5-12,14,16-18,28,37H,13,15H2,1-4H3/b29-26+. The van der Waals surface area contributed by atoms with E-state index < -0.39 is 17.7 Å². The van der Waals surface area contributed by atoms with Crippen LogP contribution in [0.1, 0.15) is 43.3 Å². The molecular weight excluding hydrogens is 552 g/mol. The number of aromatic nitrogens is 3. The number of thiazole rings is 1. The molecule has 9 nitrogen and oxygen atoms in total. The third-order valence-electron chi connectivity index (χ3n) is 7.30. The number of anilines is 1. The second-order valence-corrected chi connectivity index (χ2v) is 11.6. The highest BCUT2D eigenvalue weighted by Gasteiger charge is 2.48. The van der Waals surface area contributed by atoms with Crippen LogP contribution in [0.3, 0.4) is 0 Å². The number of pyridine rings is 1. The SMILES string of the molecule is COc1ccc2nc(N3C(=O)C(=O)/C(=C(/O)c4c(C)nc5ccccn45)C3c3cccc(OCCC(C)C)c3)sc2c1. The molecule has 5 aromatic rings. The largest absolute Gasteiger partial charge is 0.505 e. The topological polar surface area (TPSA) is 106 Å². The summed E-state index contributed by atoms with van der Waals surface area (Å²) in [6, 6.07) is 17.3. The van der Waals surface area contributed by atoms with E-state index in [1.165, 1.54) is 16.2 Å². The Morgan fingerprint density at radius 1 is 1.05 bits per heavy atom. The van der Waals surface area contributed by atoms with Crippen molar-refractivity contribution in [2.45, 2.75) is 33.2 Å². The average Bonchev–Trinajstić information content (AvgIpc) is 3.63. The Morgan fingerprint density at radius 3 is 2.67 bits per heavy atom. The predicted octanol–water partition coefficient (Wildman–Crippen LogP) is 6.31. The van der Waals surface area contributed by atoms with Gasteiger partial charge in [0.05, 0.1) is 41.2 Å². The van der Waals surface area contributed by atoms with Crippen LogP contribution in [0, 0.1) is 12.8 Å². The third-order valence-corrected chi connectivity index (χ3v) is 8.32. The van der Waals surface area contributed by atoms with Crippen molar-refractivity contribution in [3.05, 3.63) is 89.4 Å². The Labute approximate surface area is 246 Å². The first-order chi connectivity index (χ1) is 20.3. The fourth-order valence-corrected chi connectivity index (χ4v) is 6.20. The zero-order valence-corrected chi connectivity index (χ0v) is 24.5. The van der Waals surface area contributed by atoms with Crippen molar-refractivity contribution in [2.24, 2.45) is 5.92 Å². The molecule has 2 aromatic carbocycles. The van der Waals surface area contributed by atoms with Crippen LogP contribution in [0.25, 0.3) is 21.6 Å². The Kier molecular flexibility index (Phi) is 7.16. The average molecular weight is 583 g/mol. The summed E-state index contributed by atoms with van der Waals surface area (Å²) in [4.78, 5) is 38.2. The molecule has 0 saturated carbocycles. The smallest absolute Gasteiger partial charge is 0.301 e. The maximum atomic E-state index is 13.8. The monoisotopic (exact) mass is 582 g/mol. The Hall–Kier alpha value is -4.70. The normalized spacial score (nSPS) is 16.7. The molecule has 6 rings (SSSR count). The fraction of sp³-hybridized carbons (Fsp3) is 0.250. The number of methoxy groups -OCH3 is 1. The zero-order chi connectivity index (χ0) is 29.5. The van der Waals surface area contributed by atoms with Crippen molar-refractivity contribution in [1.29, 1.82) is 0 Å². The zero-order valence-electron chi connectivity index (χ0n) is 23.7. The number of ether oxygens (including phenoxy) is 2. The van der Waals surface area contributed by atoms with Crippen LogP contribution in [0.15, 0.2) is 72.4 Å². The van der Waals surface area contributed by atoms with Gasteiger partial charge in [-0.25, -0.2) is 9.97 Å². The summed E-state index contributed by atoms with van der Waals surface area (Å²) in [7, 11) is 1.58. The molecule has 1 fully saturated rings. The number of carbonyl (C=O) groups is 2. The van der Waals surface area contributed by atoms with E-state index in [0.717, 1.165) is 11.1 Å². The molecule has 1 saturated heterocycles. The fourth-order valence-electron chi connectivity index (χ4n) is 5.18. The van der Waals surface area contributed by atoms with Gasteiger partial charge in [0.2, 0.25) is 0 Å². The van der Waals surface area contributed by atoms with E-state index in [4.69, 9.17) is 14.5 Å². The number of ketones is 1. The summed E-state index contributed by atoms with van der Waals surface area (Å²) < 4.78 is 13.9. The maximum absolute atomic E-state index is 13.8. The van der Waals surface area contributed by atoms with Gasteiger partial charge < -0.3 is 14.6 Å². The van der Waals surface area contributed by atoms with Crippen LogP contribution in [0.5, 0.6) is 11.5 Å². The summed E-state index contributed by atoms with van der Waals surface area (Å²) in [6.07, 6.45) is 2.64. The first-order valence-electron chi connectivity index (χ1n) is 13.7. The minimum Gasteiger partial charge on any atom is -0.505 e. The highest BCUT2D eigenvalue weighted by atomic mass is 32.1. The lowest BCUT2D eigenvalue weighted by Crippen LogP contribution is -2.29. The number of aliphatic hydroxyl groups is 1. The molecule has 42 heavy (non-hydrogen) atoms. The maximum Gasteiger partial charge on any atom is 0.301 e. The molecule has 1 N–H and O–H groups in total. The first kappa shape index (κ1) is 27.5. The number of benzene rings is 2. The molecule has 1 unspecified atom stereocenters. The molecule has 4 heterocycles. The molecule has 0 spiro atoms. The molecule has 1 atom stereocenters. The Bertz CT molecular complexity index is 1870. The minimum absolute atomic E-state index is 0.0371. The Balaban J connectivity index is 1.54. The number of imidazole rings is 1. The molecule has 1 amide bonds. The molecule has 0 bridgehead atoms. The summed E-state index contributed by atoms with van der Waals surface area (Å²) in [5, 5.41) is 12.1. The van der Waals surface area contributed by atoms with Gasteiger partial charge in [0.1, 0.15) is 22.8 Å². The van der Waals surface area contributed by atoms with Gasteiger partial charge in [-0.1, -0.05) is 43.4 Å². The molecule has 1 aliphatic heterocycles. The van der Waals surface area contributed by atoms with Crippen molar-refractivity contribution in [3.8, 4) is 11.5 Å². The van der Waals surface area contributed by atoms with Gasteiger partial charge in [0.15, 0.2) is 10.9 Å². The van der Waals surface area contributed by atoms with Crippen molar-refractivity contribution in [3.63, 3.8) is 0 Å². The summed E-state index contributed by atoms with van der Waals surface area (Å²) >= 11 is 1.28. The lowest BCUT2D eigenvalue weighted by Gasteiger charge is -2.23. The number of nitrogens with zero attached hydrogens (tertiary/aromatic N) is 4. The number of rotatable bonds is 8. The van der Waals surface area contributed by atoms with E-state index in [1.54, 1.807) is 30.7 Å². The van der Waals surface area contributed by atoms with Crippen molar-refractivity contribution >= 4 is 49.8 Å². The lowest BCUT2D eigenvalue weighted by atomic mass is 9.96. The molecule has 3 aromatic heterocycles. The predicted molar refractivity (Wildman–Crippen MR) is 162 cm³/mol. The van der Waals surface area contributed by atoms with Crippen LogP contribution in [0.4, 0.5) is 5.13 Å². The lowest BCUT2D eigenvalue weighted by molar-refractivity contribution is -0.132. The number of Topliss-reactive ketones (excluding diaryl/α,β-unsaturated/α-hetero) is 1. The second kappa shape index (κ2) is 10.9. The van der Waals surface area contributed by atoms with Crippen LogP contribution in [-0.4, -0.2) is 44.9 Å². The van der Waals surface area contributed by atoms with Gasteiger partial charge in [0, 0.05) is 6.20 Å². The number of hydrogen-bond acceptors (Lipinski definition) is 8. The van der Waals surface area contributed by atoms with Crippen molar-refractivity contribution in [2.75, 3.05) is 18.6 Å². The summed E-state index contributed by atoms with van der Waals surface area (Å²) in [5.74, 6) is -0.127. The summed E-state index contributed by atoms with van der Waals surface area (Å²) in [5.41, 5.74) is 2.74. The van der Waals surface area contributed by atoms with Crippen LogP contribution >= 0.6 is 11.3 Å². The van der Waals surface area contributed by atoms with Crippen LogP contribution in [-0.2, 0) is 9.59 Å². The molecule has 0 radical (unpaired) electrons. The van der Waals surface area contributed by atoms with E-state index in [9.17, 15) is 14.7 Å². The molecule has 0 aliphatic carbocycles. The van der Waals surface area contributed by atoms with Gasteiger partial charge in [-0.05, 0) is 67.3 Å². The first-order valence-corrected chi connectivity index (χ1v) is 14.5. The number of aliphatic hydroxyl groups excluding tert-OH is 1.